The standard InChI is InChI=1S/C14H16N4O3S/c1-3-10-4-6-11(7-5-10)21-8-12(19)16-17-14(20)13-9(2)15-18-22-13/h4-7H,3,8H2,1-2H3,(H,16,19)(H,17,20). The Morgan fingerprint density at radius 1 is 1.23 bits per heavy atom. The van der Waals surface area contributed by atoms with E-state index < -0.39 is 11.8 Å². The molecule has 1 aromatic carbocycles. The van der Waals surface area contributed by atoms with Crippen LogP contribution < -0.4 is 15.6 Å². The van der Waals surface area contributed by atoms with E-state index in [4.69, 9.17) is 4.74 Å². The number of hydrazine groups is 1. The maximum absolute atomic E-state index is 11.7. The normalized spacial score (nSPS) is 10.1. The number of nitrogens with zero attached hydrogens (tertiary/aromatic N) is 2. The van der Waals surface area contributed by atoms with Crippen molar-refractivity contribution in [1.82, 2.24) is 20.4 Å². The number of carbonyl (C=O) groups is 2. The van der Waals surface area contributed by atoms with Crippen LogP contribution in [-0.2, 0) is 11.2 Å². The van der Waals surface area contributed by atoms with Crippen molar-refractivity contribution in [2.75, 3.05) is 6.61 Å². The Morgan fingerprint density at radius 3 is 2.55 bits per heavy atom. The van der Waals surface area contributed by atoms with Gasteiger partial charge in [0, 0.05) is 0 Å². The van der Waals surface area contributed by atoms with Gasteiger partial charge in [-0.2, -0.15) is 0 Å². The molecule has 0 aliphatic carbocycles. The van der Waals surface area contributed by atoms with Crippen LogP contribution in [0, 0.1) is 6.92 Å². The first kappa shape index (κ1) is 15.9. The number of benzene rings is 1. The summed E-state index contributed by atoms with van der Waals surface area (Å²) in [7, 11) is 0. The molecular formula is C14H16N4O3S. The summed E-state index contributed by atoms with van der Waals surface area (Å²) < 4.78 is 8.98. The van der Waals surface area contributed by atoms with Gasteiger partial charge in [0.05, 0.1) is 5.69 Å². The molecule has 0 aliphatic heterocycles. The van der Waals surface area contributed by atoms with Crippen molar-refractivity contribution in [2.45, 2.75) is 20.3 Å². The summed E-state index contributed by atoms with van der Waals surface area (Å²) >= 11 is 0.967. The molecule has 0 aliphatic rings. The SMILES string of the molecule is CCc1ccc(OCC(=O)NNC(=O)c2snnc2C)cc1. The van der Waals surface area contributed by atoms with E-state index in [0.717, 1.165) is 18.0 Å². The maximum atomic E-state index is 11.7. The van der Waals surface area contributed by atoms with Gasteiger partial charge in [-0.05, 0) is 42.6 Å². The molecule has 116 valence electrons. The van der Waals surface area contributed by atoms with Crippen molar-refractivity contribution in [3.05, 3.63) is 40.4 Å². The summed E-state index contributed by atoms with van der Waals surface area (Å²) in [5.41, 5.74) is 6.28. The number of nitrogens with one attached hydrogen (secondary N) is 2. The Kier molecular flexibility index (Phi) is 5.42. The Hall–Kier alpha value is -2.48. The molecule has 0 spiro atoms. The van der Waals surface area contributed by atoms with E-state index in [9.17, 15) is 9.59 Å². The van der Waals surface area contributed by atoms with E-state index in [1.807, 2.05) is 12.1 Å². The number of amides is 2. The number of rotatable bonds is 5. The Bertz CT molecular complexity index is 654. The first-order valence-corrected chi connectivity index (χ1v) is 7.47. The lowest BCUT2D eigenvalue weighted by Gasteiger charge is -2.08. The number of aryl methyl sites for hydroxylation is 2. The topological polar surface area (TPSA) is 93.2 Å². The second-order valence-corrected chi connectivity index (χ2v) is 5.23. The van der Waals surface area contributed by atoms with E-state index in [1.165, 1.54) is 5.56 Å². The lowest BCUT2D eigenvalue weighted by molar-refractivity contribution is -0.123. The predicted molar refractivity (Wildman–Crippen MR) is 81.6 cm³/mol. The molecule has 0 fully saturated rings. The zero-order valence-corrected chi connectivity index (χ0v) is 13.1. The first-order chi connectivity index (χ1) is 10.6. The van der Waals surface area contributed by atoms with E-state index in [2.05, 4.69) is 27.4 Å². The van der Waals surface area contributed by atoms with Gasteiger partial charge in [0.25, 0.3) is 11.8 Å². The molecule has 8 heteroatoms. The van der Waals surface area contributed by atoms with Gasteiger partial charge >= 0.3 is 0 Å². The number of aromatic nitrogens is 2. The maximum Gasteiger partial charge on any atom is 0.283 e. The Morgan fingerprint density at radius 2 is 1.95 bits per heavy atom. The average Bonchev–Trinajstić information content (AvgIpc) is 2.97. The van der Waals surface area contributed by atoms with Crippen LogP contribution in [-0.4, -0.2) is 28.0 Å². The molecule has 2 N–H and O–H groups in total. The highest BCUT2D eigenvalue weighted by Gasteiger charge is 2.13. The summed E-state index contributed by atoms with van der Waals surface area (Å²) in [6, 6.07) is 7.48. The number of hydrogen-bond acceptors (Lipinski definition) is 6. The average molecular weight is 320 g/mol. The molecular weight excluding hydrogens is 304 g/mol. The van der Waals surface area contributed by atoms with Crippen LogP contribution in [0.15, 0.2) is 24.3 Å². The molecule has 2 rings (SSSR count). The third kappa shape index (κ3) is 4.26. The zero-order chi connectivity index (χ0) is 15.9. The van der Waals surface area contributed by atoms with Crippen LogP contribution >= 0.6 is 11.5 Å². The number of ether oxygens (including phenoxy) is 1. The van der Waals surface area contributed by atoms with Gasteiger partial charge in [-0.25, -0.2) is 0 Å². The van der Waals surface area contributed by atoms with Crippen molar-refractivity contribution in [1.29, 1.82) is 0 Å². The summed E-state index contributed by atoms with van der Waals surface area (Å²) in [6.45, 7) is 3.54. The van der Waals surface area contributed by atoms with Gasteiger partial charge in [0.1, 0.15) is 10.6 Å². The quantitative estimate of drug-likeness (QED) is 0.809. The largest absolute Gasteiger partial charge is 0.484 e. The van der Waals surface area contributed by atoms with Crippen LogP contribution in [0.3, 0.4) is 0 Å². The van der Waals surface area contributed by atoms with Gasteiger partial charge in [-0.3, -0.25) is 20.4 Å². The molecule has 2 aromatic rings. The van der Waals surface area contributed by atoms with Gasteiger partial charge in [-0.1, -0.05) is 23.5 Å². The van der Waals surface area contributed by atoms with Crippen molar-refractivity contribution >= 4 is 23.3 Å². The molecule has 0 bridgehead atoms. The molecule has 0 saturated carbocycles. The smallest absolute Gasteiger partial charge is 0.283 e. The van der Waals surface area contributed by atoms with E-state index in [0.29, 0.717) is 16.3 Å². The molecule has 1 aromatic heterocycles. The fraction of sp³-hybridized carbons (Fsp3) is 0.286. The fourth-order valence-electron chi connectivity index (χ4n) is 1.63. The second-order valence-electron chi connectivity index (χ2n) is 4.48. The lowest BCUT2D eigenvalue weighted by atomic mass is 10.2. The highest BCUT2D eigenvalue weighted by molar-refractivity contribution is 7.07. The molecule has 7 nitrogen and oxygen atoms in total. The van der Waals surface area contributed by atoms with Crippen molar-refractivity contribution in [3.63, 3.8) is 0 Å². The molecule has 0 atom stereocenters. The minimum Gasteiger partial charge on any atom is -0.484 e. The molecule has 22 heavy (non-hydrogen) atoms. The van der Waals surface area contributed by atoms with Crippen LogP contribution in [0.4, 0.5) is 0 Å². The summed E-state index contributed by atoms with van der Waals surface area (Å²) in [5.74, 6) is -0.308. The molecule has 0 unspecified atom stereocenters. The van der Waals surface area contributed by atoms with Crippen molar-refractivity contribution < 1.29 is 14.3 Å². The van der Waals surface area contributed by atoms with Gasteiger partial charge in [0.2, 0.25) is 0 Å². The van der Waals surface area contributed by atoms with E-state index in [1.54, 1.807) is 19.1 Å². The van der Waals surface area contributed by atoms with Crippen molar-refractivity contribution in [2.24, 2.45) is 0 Å². The Balaban J connectivity index is 1.76. The second kappa shape index (κ2) is 7.51. The van der Waals surface area contributed by atoms with Crippen LogP contribution in [0.5, 0.6) is 5.75 Å². The van der Waals surface area contributed by atoms with Crippen LogP contribution in [0.1, 0.15) is 27.9 Å². The van der Waals surface area contributed by atoms with Crippen LogP contribution in [0.25, 0.3) is 0 Å². The summed E-state index contributed by atoms with van der Waals surface area (Å²) in [6.07, 6.45) is 0.943. The first-order valence-electron chi connectivity index (χ1n) is 6.70. The van der Waals surface area contributed by atoms with Gasteiger partial charge in [0.15, 0.2) is 6.61 Å². The van der Waals surface area contributed by atoms with Crippen LogP contribution in [0.2, 0.25) is 0 Å². The molecule has 1 heterocycles. The predicted octanol–water partition coefficient (Wildman–Crippen LogP) is 1.25. The minimum absolute atomic E-state index is 0.189. The minimum atomic E-state index is -0.456. The zero-order valence-electron chi connectivity index (χ0n) is 12.3. The third-order valence-corrected chi connectivity index (χ3v) is 3.70. The summed E-state index contributed by atoms with van der Waals surface area (Å²) in [5, 5.41) is 3.73. The van der Waals surface area contributed by atoms with Crippen molar-refractivity contribution in [3.8, 4) is 5.75 Å². The fourth-order valence-corrected chi connectivity index (χ4v) is 2.18. The monoisotopic (exact) mass is 320 g/mol. The molecule has 2 amide bonds. The van der Waals surface area contributed by atoms with E-state index >= 15 is 0 Å². The highest BCUT2D eigenvalue weighted by Crippen LogP contribution is 2.12. The van der Waals surface area contributed by atoms with E-state index in [-0.39, 0.29) is 6.61 Å². The third-order valence-electron chi connectivity index (χ3n) is 2.87. The summed E-state index contributed by atoms with van der Waals surface area (Å²) in [4.78, 5) is 23.7. The highest BCUT2D eigenvalue weighted by atomic mass is 32.1. The van der Waals surface area contributed by atoms with Gasteiger partial charge < -0.3 is 4.74 Å². The lowest BCUT2D eigenvalue weighted by Crippen LogP contribution is -2.43. The molecule has 0 saturated heterocycles. The number of hydrogen-bond donors (Lipinski definition) is 2. The van der Waals surface area contributed by atoms with Gasteiger partial charge in [-0.15, -0.1) is 5.10 Å². The number of carbonyl (C=O) groups excluding carboxylic acids is 2. The molecule has 0 radical (unpaired) electrons. The Labute approximate surface area is 131 Å².